The standard InChI is InChI=1S/C17H19BrN4O/c1-2-23-16-15-14(11-7-6-8-12(18)13(11)19-15)20-17(21-16)22-9-4-3-5-10-22/h6-8,19H,2-5,9-10H2,1H3. The second-order valence-corrected chi connectivity index (χ2v) is 6.67. The molecule has 4 rings (SSSR count). The average Bonchev–Trinajstić information content (AvgIpc) is 2.97. The Balaban J connectivity index is 1.95. The topological polar surface area (TPSA) is 54.0 Å². The SMILES string of the molecule is CCOc1nc(N2CCCCC2)nc2c1[nH]c1c(Br)cccc12. The van der Waals surface area contributed by atoms with Crippen LogP contribution in [0, 0.1) is 0 Å². The molecule has 0 spiro atoms. The average molecular weight is 375 g/mol. The lowest BCUT2D eigenvalue weighted by atomic mass is 10.1. The number of benzene rings is 1. The lowest BCUT2D eigenvalue weighted by Gasteiger charge is -2.26. The highest BCUT2D eigenvalue weighted by atomic mass is 79.9. The largest absolute Gasteiger partial charge is 0.476 e. The quantitative estimate of drug-likeness (QED) is 0.743. The molecule has 0 radical (unpaired) electrons. The lowest BCUT2D eigenvalue weighted by Crippen LogP contribution is -2.31. The predicted octanol–water partition coefficient (Wildman–Crippen LogP) is 4.26. The summed E-state index contributed by atoms with van der Waals surface area (Å²) in [6.45, 7) is 4.60. The number of hydrogen-bond donors (Lipinski definition) is 1. The van der Waals surface area contributed by atoms with Crippen LogP contribution >= 0.6 is 15.9 Å². The van der Waals surface area contributed by atoms with Gasteiger partial charge in [0, 0.05) is 22.9 Å². The van der Waals surface area contributed by atoms with E-state index >= 15 is 0 Å². The van der Waals surface area contributed by atoms with Crippen LogP contribution in [-0.4, -0.2) is 34.6 Å². The van der Waals surface area contributed by atoms with Crippen molar-refractivity contribution in [3.8, 4) is 5.88 Å². The first-order valence-corrected chi connectivity index (χ1v) is 8.93. The van der Waals surface area contributed by atoms with Gasteiger partial charge in [-0.2, -0.15) is 4.98 Å². The maximum Gasteiger partial charge on any atom is 0.243 e. The molecule has 1 fully saturated rings. The van der Waals surface area contributed by atoms with Gasteiger partial charge in [0.05, 0.1) is 12.1 Å². The molecular weight excluding hydrogens is 356 g/mol. The van der Waals surface area contributed by atoms with Crippen LogP contribution in [0.2, 0.25) is 0 Å². The van der Waals surface area contributed by atoms with Crippen LogP contribution < -0.4 is 9.64 Å². The Morgan fingerprint density at radius 2 is 2.00 bits per heavy atom. The zero-order valence-corrected chi connectivity index (χ0v) is 14.7. The van der Waals surface area contributed by atoms with Gasteiger partial charge in [0.1, 0.15) is 11.0 Å². The molecule has 3 heterocycles. The van der Waals surface area contributed by atoms with Gasteiger partial charge in [-0.15, -0.1) is 0 Å². The fraction of sp³-hybridized carbons (Fsp3) is 0.412. The molecule has 1 aliphatic rings. The maximum atomic E-state index is 5.80. The van der Waals surface area contributed by atoms with E-state index in [0.29, 0.717) is 12.5 Å². The zero-order valence-electron chi connectivity index (χ0n) is 13.1. The Morgan fingerprint density at radius 1 is 1.17 bits per heavy atom. The van der Waals surface area contributed by atoms with Crippen molar-refractivity contribution in [1.82, 2.24) is 15.0 Å². The predicted molar refractivity (Wildman–Crippen MR) is 96.3 cm³/mol. The molecule has 1 aromatic carbocycles. The first-order valence-electron chi connectivity index (χ1n) is 8.13. The van der Waals surface area contributed by atoms with Gasteiger partial charge in [-0.1, -0.05) is 12.1 Å². The first kappa shape index (κ1) is 14.8. The number of halogens is 1. The molecule has 0 atom stereocenters. The Bertz CT molecular complexity index is 855. The van der Waals surface area contributed by atoms with Crippen LogP contribution in [0.1, 0.15) is 26.2 Å². The second kappa shape index (κ2) is 6.00. The molecule has 0 bridgehead atoms. The smallest absolute Gasteiger partial charge is 0.243 e. The van der Waals surface area contributed by atoms with E-state index in [0.717, 1.165) is 45.4 Å². The molecule has 5 nitrogen and oxygen atoms in total. The fourth-order valence-electron chi connectivity index (χ4n) is 3.19. The highest BCUT2D eigenvalue weighted by molar-refractivity contribution is 9.10. The summed E-state index contributed by atoms with van der Waals surface area (Å²) in [5, 5.41) is 1.09. The number of aromatic nitrogens is 3. The van der Waals surface area contributed by atoms with Gasteiger partial charge in [-0.3, -0.25) is 0 Å². The van der Waals surface area contributed by atoms with E-state index in [1.54, 1.807) is 0 Å². The van der Waals surface area contributed by atoms with Crippen LogP contribution in [0.3, 0.4) is 0 Å². The Kier molecular flexibility index (Phi) is 3.85. The first-order chi connectivity index (χ1) is 11.3. The van der Waals surface area contributed by atoms with Gasteiger partial charge < -0.3 is 14.6 Å². The molecule has 120 valence electrons. The zero-order chi connectivity index (χ0) is 15.8. The summed E-state index contributed by atoms with van der Waals surface area (Å²) in [7, 11) is 0. The highest BCUT2D eigenvalue weighted by Gasteiger charge is 2.20. The molecule has 0 unspecified atom stereocenters. The molecule has 0 amide bonds. The number of piperidine rings is 1. The third kappa shape index (κ3) is 2.55. The third-order valence-corrected chi connectivity index (χ3v) is 4.96. The molecule has 0 saturated carbocycles. The third-order valence-electron chi connectivity index (χ3n) is 4.30. The van der Waals surface area contributed by atoms with Crippen LogP contribution in [0.15, 0.2) is 22.7 Å². The Labute approximate surface area is 143 Å². The molecule has 23 heavy (non-hydrogen) atoms. The van der Waals surface area contributed by atoms with E-state index in [-0.39, 0.29) is 0 Å². The van der Waals surface area contributed by atoms with Crippen LogP contribution in [0.4, 0.5) is 5.95 Å². The Morgan fingerprint density at radius 3 is 2.78 bits per heavy atom. The minimum absolute atomic E-state index is 0.585. The number of anilines is 1. The molecule has 2 aromatic heterocycles. The maximum absolute atomic E-state index is 5.80. The number of nitrogens with zero attached hydrogens (tertiary/aromatic N) is 3. The van der Waals surface area contributed by atoms with Crippen molar-refractivity contribution in [2.45, 2.75) is 26.2 Å². The van der Waals surface area contributed by atoms with Crippen molar-refractivity contribution in [2.75, 3.05) is 24.6 Å². The number of fused-ring (bicyclic) bond motifs is 3. The van der Waals surface area contributed by atoms with Crippen molar-refractivity contribution in [3.63, 3.8) is 0 Å². The molecule has 1 N–H and O–H groups in total. The van der Waals surface area contributed by atoms with Crippen molar-refractivity contribution in [2.24, 2.45) is 0 Å². The molecule has 0 aliphatic carbocycles. The number of aromatic amines is 1. The fourth-order valence-corrected chi connectivity index (χ4v) is 3.65. The normalized spacial score (nSPS) is 15.5. The monoisotopic (exact) mass is 374 g/mol. The number of H-pyrrole nitrogens is 1. The van der Waals surface area contributed by atoms with E-state index in [1.807, 2.05) is 19.1 Å². The number of para-hydroxylation sites is 1. The minimum atomic E-state index is 0.585. The number of ether oxygens (including phenoxy) is 1. The van der Waals surface area contributed by atoms with E-state index < -0.39 is 0 Å². The molecule has 3 aromatic rings. The summed E-state index contributed by atoms with van der Waals surface area (Å²) in [6.07, 6.45) is 3.69. The summed E-state index contributed by atoms with van der Waals surface area (Å²) in [5.41, 5.74) is 2.84. The molecule has 1 saturated heterocycles. The van der Waals surface area contributed by atoms with Crippen LogP contribution in [0.25, 0.3) is 21.9 Å². The van der Waals surface area contributed by atoms with E-state index in [4.69, 9.17) is 9.72 Å². The van der Waals surface area contributed by atoms with Crippen molar-refractivity contribution in [3.05, 3.63) is 22.7 Å². The van der Waals surface area contributed by atoms with Crippen molar-refractivity contribution >= 4 is 43.8 Å². The number of nitrogens with one attached hydrogen (secondary N) is 1. The van der Waals surface area contributed by atoms with Crippen molar-refractivity contribution in [1.29, 1.82) is 0 Å². The second-order valence-electron chi connectivity index (χ2n) is 5.82. The number of rotatable bonds is 3. The van der Waals surface area contributed by atoms with Crippen molar-refractivity contribution < 1.29 is 4.74 Å². The van der Waals surface area contributed by atoms with Gasteiger partial charge in [0.2, 0.25) is 11.8 Å². The summed E-state index contributed by atoms with van der Waals surface area (Å²) < 4.78 is 6.82. The van der Waals surface area contributed by atoms with Gasteiger partial charge in [-0.05, 0) is 48.2 Å². The molecular formula is C17H19BrN4O. The minimum Gasteiger partial charge on any atom is -0.476 e. The van der Waals surface area contributed by atoms with Gasteiger partial charge >= 0.3 is 0 Å². The highest BCUT2D eigenvalue weighted by Crippen LogP contribution is 2.34. The van der Waals surface area contributed by atoms with Gasteiger partial charge in [-0.25, -0.2) is 4.98 Å². The summed E-state index contributed by atoms with van der Waals surface area (Å²) >= 11 is 3.60. The van der Waals surface area contributed by atoms with E-state index in [1.165, 1.54) is 19.3 Å². The molecule has 1 aliphatic heterocycles. The van der Waals surface area contributed by atoms with E-state index in [2.05, 4.69) is 36.9 Å². The molecule has 6 heteroatoms. The summed E-state index contributed by atoms with van der Waals surface area (Å²) in [4.78, 5) is 15.2. The van der Waals surface area contributed by atoms with Crippen LogP contribution in [-0.2, 0) is 0 Å². The van der Waals surface area contributed by atoms with E-state index in [9.17, 15) is 0 Å². The van der Waals surface area contributed by atoms with Crippen LogP contribution in [0.5, 0.6) is 5.88 Å². The number of hydrogen-bond acceptors (Lipinski definition) is 4. The van der Waals surface area contributed by atoms with Gasteiger partial charge in [0.15, 0.2) is 0 Å². The van der Waals surface area contributed by atoms with Gasteiger partial charge in [0.25, 0.3) is 0 Å². The lowest BCUT2D eigenvalue weighted by molar-refractivity contribution is 0.330. The summed E-state index contributed by atoms with van der Waals surface area (Å²) in [5.74, 6) is 1.42. The summed E-state index contributed by atoms with van der Waals surface area (Å²) in [6, 6.07) is 6.14. The Hall–Kier alpha value is -1.82.